The first-order chi connectivity index (χ1) is 10.2. The second-order valence-electron chi connectivity index (χ2n) is 5.19. The van der Waals surface area contributed by atoms with Crippen molar-refractivity contribution in [2.45, 2.75) is 32.7 Å². The summed E-state index contributed by atoms with van der Waals surface area (Å²) < 4.78 is 7.36. The maximum Gasteiger partial charge on any atom is 0.119 e. The number of hydrogen-bond acceptors (Lipinski definition) is 3. The number of nitrogens with zero attached hydrogens (tertiary/aromatic N) is 2. The van der Waals surface area contributed by atoms with Crippen LogP contribution in [0.25, 0.3) is 0 Å². The largest absolute Gasteiger partial charge is 0.494 e. The molecule has 1 aromatic heterocycles. The summed E-state index contributed by atoms with van der Waals surface area (Å²) in [5.74, 6) is 0.924. The molecule has 0 amide bonds. The van der Waals surface area contributed by atoms with E-state index >= 15 is 0 Å². The van der Waals surface area contributed by atoms with Crippen LogP contribution in [0.4, 0.5) is 0 Å². The van der Waals surface area contributed by atoms with Crippen LogP contribution in [0, 0.1) is 0 Å². The molecular formula is C17H25N3O. The number of nitrogens with one attached hydrogen (secondary N) is 1. The lowest BCUT2D eigenvalue weighted by Crippen LogP contribution is -2.24. The number of aryl methyl sites for hydroxylation is 1. The van der Waals surface area contributed by atoms with Crippen molar-refractivity contribution in [3.63, 3.8) is 0 Å². The lowest BCUT2D eigenvalue weighted by atomic mass is 10.0. The normalized spacial score (nSPS) is 12.3. The lowest BCUT2D eigenvalue weighted by Gasteiger charge is -2.18. The lowest BCUT2D eigenvalue weighted by molar-refractivity contribution is 0.340. The molecule has 0 spiro atoms. The predicted molar refractivity (Wildman–Crippen MR) is 85.6 cm³/mol. The Bertz CT molecular complexity index is 533. The number of ether oxygens (including phenoxy) is 1. The second-order valence-corrected chi connectivity index (χ2v) is 5.19. The van der Waals surface area contributed by atoms with Crippen molar-refractivity contribution in [1.29, 1.82) is 0 Å². The van der Waals surface area contributed by atoms with Crippen LogP contribution in [0.1, 0.15) is 37.6 Å². The van der Waals surface area contributed by atoms with Crippen molar-refractivity contribution >= 4 is 0 Å². The van der Waals surface area contributed by atoms with Gasteiger partial charge in [-0.05, 0) is 43.7 Å². The average molecular weight is 287 g/mol. The summed E-state index contributed by atoms with van der Waals surface area (Å²) in [6.07, 6.45) is 4.01. The minimum Gasteiger partial charge on any atom is -0.494 e. The number of hydrogen-bond donors (Lipinski definition) is 1. The van der Waals surface area contributed by atoms with Gasteiger partial charge in [-0.2, -0.15) is 5.10 Å². The summed E-state index contributed by atoms with van der Waals surface area (Å²) in [7, 11) is 1.95. The van der Waals surface area contributed by atoms with Gasteiger partial charge in [0.05, 0.1) is 12.3 Å². The van der Waals surface area contributed by atoms with Gasteiger partial charge in [0.1, 0.15) is 5.75 Å². The minimum atomic E-state index is 0.288. The first kappa shape index (κ1) is 15.6. The molecule has 1 N–H and O–H groups in total. The van der Waals surface area contributed by atoms with Crippen LogP contribution in [0.5, 0.6) is 5.75 Å². The fraction of sp³-hybridized carbons (Fsp3) is 0.471. The maximum atomic E-state index is 5.51. The van der Waals surface area contributed by atoms with Crippen molar-refractivity contribution in [2.75, 3.05) is 13.2 Å². The summed E-state index contributed by atoms with van der Waals surface area (Å²) in [6.45, 7) is 5.89. The molecule has 0 aliphatic heterocycles. The van der Waals surface area contributed by atoms with E-state index in [-0.39, 0.29) is 6.04 Å². The third-order valence-electron chi connectivity index (χ3n) is 3.42. The van der Waals surface area contributed by atoms with E-state index < -0.39 is 0 Å². The topological polar surface area (TPSA) is 39.1 Å². The van der Waals surface area contributed by atoms with Crippen molar-refractivity contribution in [3.8, 4) is 5.75 Å². The molecule has 4 nitrogen and oxygen atoms in total. The standard InChI is InChI=1S/C17H25N3O/c1-4-11-18-17(13-15-10-12-20(3)19-15)14-6-8-16(9-7-14)21-5-2/h6-10,12,17-18H,4-5,11,13H2,1-3H3. The third kappa shape index (κ3) is 4.60. The van der Waals surface area contributed by atoms with Gasteiger partial charge < -0.3 is 10.1 Å². The molecule has 4 heteroatoms. The highest BCUT2D eigenvalue weighted by molar-refractivity contribution is 5.30. The Morgan fingerprint density at radius 1 is 1.19 bits per heavy atom. The number of benzene rings is 1. The minimum absolute atomic E-state index is 0.288. The summed E-state index contributed by atoms with van der Waals surface area (Å²) in [6, 6.07) is 10.7. The van der Waals surface area contributed by atoms with Gasteiger partial charge in [0.25, 0.3) is 0 Å². The molecule has 1 atom stereocenters. The molecule has 0 bridgehead atoms. The molecule has 0 aliphatic carbocycles. The molecule has 0 saturated heterocycles. The van der Waals surface area contributed by atoms with Crippen LogP contribution >= 0.6 is 0 Å². The summed E-state index contributed by atoms with van der Waals surface area (Å²) in [5.41, 5.74) is 2.39. The van der Waals surface area contributed by atoms with Gasteiger partial charge in [0.15, 0.2) is 0 Å². The van der Waals surface area contributed by atoms with Gasteiger partial charge in [-0.3, -0.25) is 4.68 Å². The van der Waals surface area contributed by atoms with E-state index in [1.54, 1.807) is 0 Å². The molecule has 0 saturated carbocycles. The average Bonchev–Trinajstić information content (AvgIpc) is 2.90. The molecule has 0 radical (unpaired) electrons. The first-order valence-corrected chi connectivity index (χ1v) is 7.67. The highest BCUT2D eigenvalue weighted by Crippen LogP contribution is 2.21. The summed E-state index contributed by atoms with van der Waals surface area (Å²) >= 11 is 0. The Hall–Kier alpha value is -1.81. The smallest absolute Gasteiger partial charge is 0.119 e. The molecule has 0 fully saturated rings. The van der Waals surface area contributed by atoms with Crippen LogP contribution in [-0.4, -0.2) is 22.9 Å². The Morgan fingerprint density at radius 3 is 2.52 bits per heavy atom. The molecule has 2 aromatic rings. The van der Waals surface area contributed by atoms with Gasteiger partial charge in [0.2, 0.25) is 0 Å². The first-order valence-electron chi connectivity index (χ1n) is 7.67. The van der Waals surface area contributed by atoms with Crippen LogP contribution in [0.3, 0.4) is 0 Å². The second kappa shape index (κ2) is 7.84. The highest BCUT2D eigenvalue weighted by Gasteiger charge is 2.13. The Morgan fingerprint density at radius 2 is 1.95 bits per heavy atom. The Kier molecular flexibility index (Phi) is 5.81. The van der Waals surface area contributed by atoms with Crippen molar-refractivity contribution in [1.82, 2.24) is 15.1 Å². The quantitative estimate of drug-likeness (QED) is 0.811. The van der Waals surface area contributed by atoms with Gasteiger partial charge in [-0.1, -0.05) is 19.1 Å². The van der Waals surface area contributed by atoms with E-state index in [0.29, 0.717) is 6.61 Å². The fourth-order valence-corrected chi connectivity index (χ4v) is 2.37. The van der Waals surface area contributed by atoms with E-state index in [4.69, 9.17) is 4.74 Å². The van der Waals surface area contributed by atoms with Gasteiger partial charge in [-0.25, -0.2) is 0 Å². The number of rotatable bonds is 8. The SMILES string of the molecule is CCCNC(Cc1ccn(C)n1)c1ccc(OCC)cc1. The molecule has 2 rings (SSSR count). The molecule has 114 valence electrons. The Balaban J connectivity index is 2.10. The summed E-state index contributed by atoms with van der Waals surface area (Å²) in [4.78, 5) is 0. The molecule has 1 aromatic carbocycles. The molecular weight excluding hydrogens is 262 g/mol. The monoisotopic (exact) mass is 287 g/mol. The molecule has 1 heterocycles. The zero-order valence-corrected chi connectivity index (χ0v) is 13.2. The maximum absolute atomic E-state index is 5.51. The van der Waals surface area contributed by atoms with Gasteiger partial charge in [-0.15, -0.1) is 0 Å². The zero-order chi connectivity index (χ0) is 15.1. The van der Waals surface area contributed by atoms with Crippen molar-refractivity contribution < 1.29 is 4.74 Å². The highest BCUT2D eigenvalue weighted by atomic mass is 16.5. The zero-order valence-electron chi connectivity index (χ0n) is 13.2. The molecule has 1 unspecified atom stereocenters. The van der Waals surface area contributed by atoms with Crippen LogP contribution in [0.2, 0.25) is 0 Å². The van der Waals surface area contributed by atoms with E-state index in [0.717, 1.165) is 30.8 Å². The van der Waals surface area contributed by atoms with Crippen LogP contribution in [0.15, 0.2) is 36.5 Å². The summed E-state index contributed by atoms with van der Waals surface area (Å²) in [5, 5.41) is 8.09. The van der Waals surface area contributed by atoms with E-state index in [1.165, 1.54) is 5.56 Å². The van der Waals surface area contributed by atoms with Crippen LogP contribution in [-0.2, 0) is 13.5 Å². The van der Waals surface area contributed by atoms with Crippen molar-refractivity contribution in [2.24, 2.45) is 7.05 Å². The van der Waals surface area contributed by atoms with E-state index in [2.05, 4.69) is 35.5 Å². The Labute approximate surface area is 127 Å². The van der Waals surface area contributed by atoms with E-state index in [1.807, 2.05) is 37.0 Å². The van der Waals surface area contributed by atoms with Gasteiger partial charge in [0, 0.05) is 25.7 Å². The van der Waals surface area contributed by atoms with Crippen LogP contribution < -0.4 is 10.1 Å². The molecule has 0 aliphatic rings. The molecule has 21 heavy (non-hydrogen) atoms. The van der Waals surface area contributed by atoms with E-state index in [9.17, 15) is 0 Å². The fourth-order valence-electron chi connectivity index (χ4n) is 2.37. The predicted octanol–water partition coefficient (Wildman–Crippen LogP) is 3.10. The van der Waals surface area contributed by atoms with Gasteiger partial charge >= 0.3 is 0 Å². The number of aromatic nitrogens is 2. The van der Waals surface area contributed by atoms with Crippen molar-refractivity contribution in [3.05, 3.63) is 47.8 Å². The third-order valence-corrected chi connectivity index (χ3v) is 3.42.